The Morgan fingerprint density at radius 3 is 2.89 bits per heavy atom. The van der Waals surface area contributed by atoms with Gasteiger partial charge in [0.25, 0.3) is 0 Å². The molecule has 3 rings (SSSR count). The minimum absolute atomic E-state index is 0.455. The van der Waals surface area contributed by atoms with E-state index in [1.807, 2.05) is 36.6 Å². The van der Waals surface area contributed by atoms with E-state index in [4.69, 9.17) is 0 Å². The lowest BCUT2D eigenvalue weighted by molar-refractivity contribution is 0.904. The van der Waals surface area contributed by atoms with E-state index >= 15 is 0 Å². The van der Waals surface area contributed by atoms with Crippen molar-refractivity contribution in [2.75, 3.05) is 0 Å². The second-order valence-electron chi connectivity index (χ2n) is 4.11. The Labute approximate surface area is 114 Å². The Balaban J connectivity index is 2.22. The van der Waals surface area contributed by atoms with Gasteiger partial charge in [-0.15, -0.1) is 11.3 Å². The zero-order chi connectivity index (χ0) is 13.2. The summed E-state index contributed by atoms with van der Waals surface area (Å²) < 4.78 is 0.961. The summed E-state index contributed by atoms with van der Waals surface area (Å²) >= 11 is 1.56. The number of rotatable bonds is 2. The lowest BCUT2D eigenvalue weighted by atomic mass is 10.0. The molecule has 0 fully saturated rings. The third-order valence-corrected chi connectivity index (χ3v) is 3.75. The topological polar surface area (TPSA) is 62.5 Å². The fourth-order valence-corrected chi connectivity index (χ4v) is 2.87. The van der Waals surface area contributed by atoms with Crippen molar-refractivity contribution in [3.05, 3.63) is 53.1 Å². The van der Waals surface area contributed by atoms with Crippen LogP contribution in [0.4, 0.5) is 0 Å². The molecule has 1 atom stereocenters. The van der Waals surface area contributed by atoms with Gasteiger partial charge in [-0.05, 0) is 30.5 Å². The molecule has 3 aromatic heterocycles. The SMILES string of the molecule is Cc1nc(C(C#N)c2ccccn2)c2sccc2n1. The Morgan fingerprint density at radius 2 is 2.16 bits per heavy atom. The summed E-state index contributed by atoms with van der Waals surface area (Å²) in [7, 11) is 0. The lowest BCUT2D eigenvalue weighted by Crippen LogP contribution is -2.05. The van der Waals surface area contributed by atoms with Gasteiger partial charge in [-0.3, -0.25) is 4.98 Å². The minimum Gasteiger partial charge on any atom is -0.259 e. The number of aromatic nitrogens is 3. The normalized spacial score (nSPS) is 12.2. The fraction of sp³-hybridized carbons (Fsp3) is 0.143. The van der Waals surface area contributed by atoms with Gasteiger partial charge in [0.2, 0.25) is 0 Å². The van der Waals surface area contributed by atoms with Crippen LogP contribution in [0, 0.1) is 18.3 Å². The van der Waals surface area contributed by atoms with Crippen LogP contribution in [0.2, 0.25) is 0 Å². The number of nitrogens with zero attached hydrogens (tertiary/aromatic N) is 4. The zero-order valence-corrected chi connectivity index (χ0v) is 11.1. The minimum atomic E-state index is -0.455. The molecular weight excluding hydrogens is 256 g/mol. The molecule has 4 nitrogen and oxygen atoms in total. The van der Waals surface area contributed by atoms with Crippen LogP contribution in [0.1, 0.15) is 23.1 Å². The van der Waals surface area contributed by atoms with Crippen molar-refractivity contribution in [3.63, 3.8) is 0 Å². The molecule has 3 aromatic rings. The highest BCUT2D eigenvalue weighted by Crippen LogP contribution is 2.30. The van der Waals surface area contributed by atoms with Gasteiger partial charge in [-0.1, -0.05) is 6.07 Å². The molecule has 3 heterocycles. The molecule has 0 saturated carbocycles. The highest BCUT2D eigenvalue weighted by atomic mass is 32.1. The van der Waals surface area contributed by atoms with E-state index < -0.39 is 5.92 Å². The summed E-state index contributed by atoms with van der Waals surface area (Å²) in [6, 6.07) is 9.82. The average molecular weight is 266 g/mol. The molecule has 92 valence electrons. The van der Waals surface area contributed by atoms with Crippen LogP contribution >= 0.6 is 11.3 Å². The predicted molar refractivity (Wildman–Crippen MR) is 73.8 cm³/mol. The Hall–Kier alpha value is -2.32. The molecule has 0 radical (unpaired) electrons. The summed E-state index contributed by atoms with van der Waals surface area (Å²) in [6.07, 6.45) is 1.69. The van der Waals surface area contributed by atoms with Crippen molar-refractivity contribution < 1.29 is 0 Å². The summed E-state index contributed by atoms with van der Waals surface area (Å²) in [4.78, 5) is 13.1. The molecule has 0 amide bonds. The van der Waals surface area contributed by atoms with Crippen molar-refractivity contribution in [2.24, 2.45) is 0 Å². The zero-order valence-electron chi connectivity index (χ0n) is 10.2. The van der Waals surface area contributed by atoms with Crippen LogP contribution in [0.15, 0.2) is 35.8 Å². The largest absolute Gasteiger partial charge is 0.259 e. The van der Waals surface area contributed by atoms with Crippen LogP contribution in [0.3, 0.4) is 0 Å². The molecule has 0 bridgehead atoms. The summed E-state index contributed by atoms with van der Waals surface area (Å²) in [5, 5.41) is 11.4. The van der Waals surface area contributed by atoms with Crippen molar-refractivity contribution in [3.8, 4) is 6.07 Å². The first kappa shape index (κ1) is 11.8. The lowest BCUT2D eigenvalue weighted by Gasteiger charge is -2.09. The van der Waals surface area contributed by atoms with Crippen molar-refractivity contribution in [1.29, 1.82) is 5.26 Å². The van der Waals surface area contributed by atoms with Gasteiger partial charge in [-0.2, -0.15) is 5.26 Å². The third-order valence-electron chi connectivity index (χ3n) is 2.83. The van der Waals surface area contributed by atoms with Crippen molar-refractivity contribution in [1.82, 2.24) is 15.0 Å². The maximum atomic E-state index is 9.47. The molecule has 19 heavy (non-hydrogen) atoms. The van der Waals surface area contributed by atoms with Crippen LogP contribution in [0.5, 0.6) is 0 Å². The van der Waals surface area contributed by atoms with Gasteiger partial charge in [0.05, 0.1) is 27.7 Å². The van der Waals surface area contributed by atoms with E-state index in [0.717, 1.165) is 21.6 Å². The molecule has 0 spiro atoms. The molecule has 0 aliphatic carbocycles. The quantitative estimate of drug-likeness (QED) is 0.715. The highest BCUT2D eigenvalue weighted by Gasteiger charge is 2.20. The monoisotopic (exact) mass is 266 g/mol. The summed E-state index contributed by atoms with van der Waals surface area (Å²) in [6.45, 7) is 1.84. The number of nitriles is 1. The average Bonchev–Trinajstić information content (AvgIpc) is 2.89. The molecule has 0 saturated heterocycles. The first-order valence-electron chi connectivity index (χ1n) is 5.82. The number of hydrogen-bond acceptors (Lipinski definition) is 5. The number of fused-ring (bicyclic) bond motifs is 1. The van der Waals surface area contributed by atoms with E-state index in [9.17, 15) is 5.26 Å². The Kier molecular flexibility index (Phi) is 2.94. The van der Waals surface area contributed by atoms with E-state index in [0.29, 0.717) is 5.82 Å². The van der Waals surface area contributed by atoms with E-state index in [1.165, 1.54) is 0 Å². The van der Waals surface area contributed by atoms with Crippen LogP contribution in [-0.4, -0.2) is 15.0 Å². The molecule has 0 aliphatic heterocycles. The molecular formula is C14H10N4S. The first-order chi connectivity index (χ1) is 9.29. The second-order valence-corrected chi connectivity index (χ2v) is 5.02. The van der Waals surface area contributed by atoms with E-state index in [2.05, 4.69) is 21.0 Å². The molecule has 5 heteroatoms. The number of pyridine rings is 1. The Morgan fingerprint density at radius 1 is 1.26 bits per heavy atom. The number of aryl methyl sites for hydroxylation is 1. The van der Waals surface area contributed by atoms with Gasteiger partial charge in [0, 0.05) is 6.20 Å². The molecule has 0 aromatic carbocycles. The number of thiophene rings is 1. The molecule has 1 unspecified atom stereocenters. The molecule has 0 aliphatic rings. The van der Waals surface area contributed by atoms with Gasteiger partial charge in [0.1, 0.15) is 11.7 Å². The van der Waals surface area contributed by atoms with Crippen LogP contribution < -0.4 is 0 Å². The third kappa shape index (κ3) is 2.07. The maximum absolute atomic E-state index is 9.47. The van der Waals surface area contributed by atoms with Crippen LogP contribution in [0.25, 0.3) is 10.2 Å². The second kappa shape index (κ2) is 4.75. The Bertz CT molecular complexity index is 758. The summed E-state index contributed by atoms with van der Waals surface area (Å²) in [5.74, 6) is 0.223. The smallest absolute Gasteiger partial charge is 0.132 e. The highest BCUT2D eigenvalue weighted by molar-refractivity contribution is 7.17. The number of hydrogen-bond donors (Lipinski definition) is 0. The maximum Gasteiger partial charge on any atom is 0.132 e. The predicted octanol–water partition coefficient (Wildman–Crippen LogP) is 3.05. The fourth-order valence-electron chi connectivity index (χ4n) is 2.02. The van der Waals surface area contributed by atoms with Crippen LogP contribution in [-0.2, 0) is 0 Å². The van der Waals surface area contributed by atoms with Gasteiger partial charge >= 0.3 is 0 Å². The first-order valence-corrected chi connectivity index (χ1v) is 6.70. The standard InChI is InChI=1S/C14H10N4S/c1-9-17-12-5-7-19-14(12)13(18-9)10(8-15)11-4-2-3-6-16-11/h2-7,10H,1H3. The van der Waals surface area contributed by atoms with Gasteiger partial charge < -0.3 is 0 Å². The van der Waals surface area contributed by atoms with E-state index in [1.54, 1.807) is 17.5 Å². The summed E-state index contributed by atoms with van der Waals surface area (Å²) in [5.41, 5.74) is 2.36. The van der Waals surface area contributed by atoms with Gasteiger partial charge in [0.15, 0.2) is 0 Å². The van der Waals surface area contributed by atoms with Crippen molar-refractivity contribution in [2.45, 2.75) is 12.8 Å². The van der Waals surface area contributed by atoms with E-state index in [-0.39, 0.29) is 0 Å². The molecule has 0 N–H and O–H groups in total. The van der Waals surface area contributed by atoms with Crippen molar-refractivity contribution >= 4 is 21.6 Å². The van der Waals surface area contributed by atoms with Gasteiger partial charge in [-0.25, -0.2) is 9.97 Å².